The van der Waals surface area contributed by atoms with E-state index in [2.05, 4.69) is 37.1 Å². The van der Waals surface area contributed by atoms with Crippen molar-refractivity contribution in [2.75, 3.05) is 7.05 Å². The van der Waals surface area contributed by atoms with E-state index in [0.29, 0.717) is 29.9 Å². The van der Waals surface area contributed by atoms with Crippen molar-refractivity contribution in [1.29, 1.82) is 5.26 Å². The highest BCUT2D eigenvalue weighted by atomic mass is 16.2. The van der Waals surface area contributed by atoms with Crippen LogP contribution in [0, 0.1) is 39.9 Å². The number of carbonyl (C=O) groups is 1. The highest BCUT2D eigenvalue weighted by molar-refractivity contribution is 5.79. The van der Waals surface area contributed by atoms with Gasteiger partial charge < -0.3 is 4.90 Å². The van der Waals surface area contributed by atoms with E-state index < -0.39 is 0 Å². The maximum absolute atomic E-state index is 12.3. The zero-order valence-electron chi connectivity index (χ0n) is 17.0. The molecule has 5 atom stereocenters. The third kappa shape index (κ3) is 2.12. The van der Waals surface area contributed by atoms with Gasteiger partial charge in [-0.3, -0.25) is 9.36 Å². The Bertz CT molecular complexity index is 950. The van der Waals surface area contributed by atoms with E-state index in [9.17, 15) is 10.1 Å². The highest BCUT2D eigenvalue weighted by Gasteiger charge is 2.58. The Morgan fingerprint density at radius 1 is 1.14 bits per heavy atom. The highest BCUT2D eigenvalue weighted by Crippen LogP contribution is 2.65. The number of fused-ring (bicyclic) bond motifs is 5. The lowest BCUT2D eigenvalue weighted by Gasteiger charge is -2.58. The van der Waals surface area contributed by atoms with Crippen LogP contribution in [0.4, 0.5) is 0 Å². The molecule has 2 fully saturated rings. The molecule has 5 rings (SSSR count). The number of hydrogen-bond acceptors (Lipinski definition) is 3. The Balaban J connectivity index is 1.50. The molecular formula is C23H28N4O. The van der Waals surface area contributed by atoms with Gasteiger partial charge in [-0.25, -0.2) is 4.98 Å². The first-order valence-corrected chi connectivity index (χ1v) is 10.5. The second-order valence-electron chi connectivity index (χ2n) is 9.61. The molecule has 5 unspecified atom stereocenters. The predicted octanol–water partition coefficient (Wildman–Crippen LogP) is 4.19. The summed E-state index contributed by atoms with van der Waals surface area (Å²) >= 11 is 0. The van der Waals surface area contributed by atoms with Gasteiger partial charge in [0, 0.05) is 35.7 Å². The average Bonchev–Trinajstić information content (AvgIpc) is 3.28. The molecule has 5 nitrogen and oxygen atoms in total. The molecule has 1 amide bonds. The molecule has 28 heavy (non-hydrogen) atoms. The topological polar surface area (TPSA) is 61.9 Å². The number of allylic oxidation sites excluding steroid dienone is 4. The van der Waals surface area contributed by atoms with E-state index in [4.69, 9.17) is 0 Å². The van der Waals surface area contributed by atoms with E-state index in [1.165, 1.54) is 17.8 Å². The quantitative estimate of drug-likeness (QED) is 0.738. The van der Waals surface area contributed by atoms with Gasteiger partial charge in [0.25, 0.3) is 0 Å². The molecule has 1 aliphatic heterocycles. The smallest absolute Gasteiger partial charge is 0.226 e. The van der Waals surface area contributed by atoms with Crippen LogP contribution in [0.25, 0.3) is 5.70 Å². The maximum Gasteiger partial charge on any atom is 0.226 e. The Labute approximate surface area is 166 Å². The van der Waals surface area contributed by atoms with Gasteiger partial charge in [0.15, 0.2) is 0 Å². The van der Waals surface area contributed by atoms with Crippen molar-refractivity contribution in [1.82, 2.24) is 14.5 Å². The first-order valence-electron chi connectivity index (χ1n) is 10.5. The Kier molecular flexibility index (Phi) is 3.69. The number of nitrogens with zero attached hydrogens (tertiary/aromatic N) is 4. The summed E-state index contributed by atoms with van der Waals surface area (Å²) in [6.45, 7) is 4.79. The van der Waals surface area contributed by atoms with Gasteiger partial charge in [-0.15, -0.1) is 0 Å². The largest absolute Gasteiger partial charge is 0.319 e. The maximum atomic E-state index is 12.3. The molecule has 2 heterocycles. The Hall–Kier alpha value is -2.35. The molecule has 1 saturated carbocycles. The molecule has 0 N–H and O–H groups in total. The standard InChI is InChI=1S/C23H28N4O/c1-22-11-9-21(28)26(3)19(22)6-4-16-17-5-7-20(23(17,2)10-8-18(16)22)27-14-25-13-15(27)12-24/h6-7,13-14,16-18H,4-5,8-11H2,1-3H3. The number of nitriles is 1. The molecule has 146 valence electrons. The number of carbonyl (C=O) groups excluding carboxylic acids is 1. The number of rotatable bonds is 1. The number of piperidine rings is 1. The minimum atomic E-state index is 0.0888. The first-order chi connectivity index (χ1) is 13.4. The third-order valence-corrected chi connectivity index (χ3v) is 8.57. The van der Waals surface area contributed by atoms with Gasteiger partial charge in [-0.05, 0) is 49.9 Å². The summed E-state index contributed by atoms with van der Waals surface area (Å²) in [6.07, 6.45) is 14.3. The van der Waals surface area contributed by atoms with Crippen LogP contribution in [0.15, 0.2) is 30.4 Å². The molecule has 0 bridgehead atoms. The molecule has 1 saturated heterocycles. The fourth-order valence-electron chi connectivity index (χ4n) is 7.07. The summed E-state index contributed by atoms with van der Waals surface area (Å²) in [5, 5.41) is 9.47. The third-order valence-electron chi connectivity index (χ3n) is 8.57. The first kappa shape index (κ1) is 17.7. The summed E-state index contributed by atoms with van der Waals surface area (Å²) in [6, 6.07) is 2.29. The van der Waals surface area contributed by atoms with Crippen LogP contribution in [-0.4, -0.2) is 27.4 Å². The van der Waals surface area contributed by atoms with Crippen molar-refractivity contribution >= 4 is 11.6 Å². The van der Waals surface area contributed by atoms with Crippen LogP contribution in [-0.2, 0) is 4.79 Å². The van der Waals surface area contributed by atoms with E-state index in [1.54, 1.807) is 12.5 Å². The summed E-state index contributed by atoms with van der Waals surface area (Å²) in [5.41, 5.74) is 3.36. The van der Waals surface area contributed by atoms with Gasteiger partial charge in [0.05, 0.1) is 12.5 Å². The molecule has 1 aromatic rings. The fourth-order valence-corrected chi connectivity index (χ4v) is 7.07. The monoisotopic (exact) mass is 376 g/mol. The summed E-state index contributed by atoms with van der Waals surface area (Å²) in [7, 11) is 1.95. The number of imidazole rings is 1. The van der Waals surface area contributed by atoms with Crippen molar-refractivity contribution in [3.8, 4) is 6.07 Å². The summed E-state index contributed by atoms with van der Waals surface area (Å²) < 4.78 is 2.01. The van der Waals surface area contributed by atoms with Crippen LogP contribution in [0.1, 0.15) is 58.1 Å². The van der Waals surface area contributed by atoms with Crippen LogP contribution >= 0.6 is 0 Å². The number of hydrogen-bond donors (Lipinski definition) is 0. The molecule has 4 aliphatic rings. The zero-order chi connectivity index (χ0) is 19.7. The van der Waals surface area contributed by atoms with Crippen LogP contribution in [0.5, 0.6) is 0 Å². The molecule has 0 radical (unpaired) electrons. The second-order valence-corrected chi connectivity index (χ2v) is 9.61. The van der Waals surface area contributed by atoms with E-state index in [-0.39, 0.29) is 16.7 Å². The Morgan fingerprint density at radius 2 is 1.89 bits per heavy atom. The van der Waals surface area contributed by atoms with Gasteiger partial charge in [-0.1, -0.05) is 26.0 Å². The van der Waals surface area contributed by atoms with Crippen LogP contribution in [0.2, 0.25) is 0 Å². The van der Waals surface area contributed by atoms with Crippen molar-refractivity contribution < 1.29 is 4.79 Å². The molecule has 5 heteroatoms. The van der Waals surface area contributed by atoms with E-state index in [0.717, 1.165) is 25.7 Å². The van der Waals surface area contributed by atoms with Crippen molar-refractivity contribution in [2.24, 2.45) is 28.6 Å². The lowest BCUT2D eigenvalue weighted by atomic mass is 9.49. The number of amides is 1. The minimum absolute atomic E-state index is 0.0888. The normalized spacial score (nSPS) is 39.4. The minimum Gasteiger partial charge on any atom is -0.319 e. The molecular weight excluding hydrogens is 348 g/mol. The number of aromatic nitrogens is 2. The average molecular weight is 377 g/mol. The van der Waals surface area contributed by atoms with Crippen molar-refractivity contribution in [3.63, 3.8) is 0 Å². The molecule has 1 aromatic heterocycles. The van der Waals surface area contributed by atoms with Crippen molar-refractivity contribution in [2.45, 2.75) is 52.4 Å². The lowest BCUT2D eigenvalue weighted by molar-refractivity contribution is -0.135. The predicted molar refractivity (Wildman–Crippen MR) is 106 cm³/mol. The Morgan fingerprint density at radius 3 is 2.68 bits per heavy atom. The van der Waals surface area contributed by atoms with Crippen molar-refractivity contribution in [3.05, 3.63) is 36.1 Å². The number of likely N-dealkylation sites (tertiary alicyclic amines) is 1. The van der Waals surface area contributed by atoms with E-state index in [1.807, 2.05) is 16.5 Å². The van der Waals surface area contributed by atoms with Gasteiger partial charge in [0.1, 0.15) is 11.8 Å². The van der Waals surface area contributed by atoms with Gasteiger partial charge in [-0.2, -0.15) is 5.26 Å². The lowest BCUT2D eigenvalue weighted by Crippen LogP contribution is -2.53. The summed E-state index contributed by atoms with van der Waals surface area (Å²) in [4.78, 5) is 18.4. The van der Waals surface area contributed by atoms with E-state index >= 15 is 0 Å². The van der Waals surface area contributed by atoms with Crippen LogP contribution < -0.4 is 0 Å². The van der Waals surface area contributed by atoms with Gasteiger partial charge in [0.2, 0.25) is 5.91 Å². The van der Waals surface area contributed by atoms with Gasteiger partial charge >= 0.3 is 0 Å². The molecule has 0 aromatic carbocycles. The SMILES string of the molecule is CN1C(=O)CCC2(C)C1=CCC1C2CCC2(C)C(n3cncc3C#N)=CCC12. The molecule has 0 spiro atoms. The zero-order valence-corrected chi connectivity index (χ0v) is 17.0. The molecule has 3 aliphatic carbocycles. The summed E-state index contributed by atoms with van der Waals surface area (Å²) in [5.74, 6) is 2.12. The van der Waals surface area contributed by atoms with Crippen LogP contribution in [0.3, 0.4) is 0 Å². The fraction of sp³-hybridized carbons (Fsp3) is 0.609. The second kappa shape index (κ2) is 5.83.